The van der Waals surface area contributed by atoms with E-state index in [1.807, 2.05) is 30.8 Å². The molecule has 0 unspecified atom stereocenters. The quantitative estimate of drug-likeness (QED) is 0.862. The van der Waals surface area contributed by atoms with Crippen LogP contribution in [0.2, 0.25) is 0 Å². The first kappa shape index (κ1) is 13.1. The first-order valence-corrected chi connectivity index (χ1v) is 6.00. The van der Waals surface area contributed by atoms with Gasteiger partial charge in [-0.15, -0.1) is 0 Å². The molecule has 1 amide bonds. The molecule has 6 heteroatoms. The minimum atomic E-state index is -0.167. The fraction of sp³-hybridized carbons (Fsp3) is 0.308. The molecule has 0 spiro atoms. The van der Waals surface area contributed by atoms with Gasteiger partial charge in [-0.25, -0.2) is 4.98 Å². The summed E-state index contributed by atoms with van der Waals surface area (Å²) in [4.78, 5) is 20.4. The van der Waals surface area contributed by atoms with Gasteiger partial charge < -0.3 is 15.2 Å². The zero-order valence-corrected chi connectivity index (χ0v) is 11.3. The van der Waals surface area contributed by atoms with Gasteiger partial charge in [0.25, 0.3) is 5.91 Å². The normalized spacial score (nSPS) is 10.3. The largest absolute Gasteiger partial charge is 0.387 e. The third-order valence-corrected chi connectivity index (χ3v) is 2.88. The van der Waals surface area contributed by atoms with Crippen LogP contribution in [0.25, 0.3) is 0 Å². The van der Waals surface area contributed by atoms with Crippen LogP contribution < -0.4 is 10.6 Å². The smallest absolute Gasteiger partial charge is 0.255 e. The van der Waals surface area contributed by atoms with Gasteiger partial charge in [0, 0.05) is 38.4 Å². The molecule has 6 nitrogen and oxygen atoms in total. The van der Waals surface area contributed by atoms with Gasteiger partial charge in [-0.05, 0) is 13.0 Å². The molecule has 0 aromatic carbocycles. The lowest BCUT2D eigenvalue weighted by Gasteiger charge is -2.10. The summed E-state index contributed by atoms with van der Waals surface area (Å²) in [6.07, 6.45) is 5.12. The molecule has 100 valence electrons. The van der Waals surface area contributed by atoms with E-state index in [-0.39, 0.29) is 5.91 Å². The van der Waals surface area contributed by atoms with Crippen molar-refractivity contribution in [3.05, 3.63) is 41.7 Å². The van der Waals surface area contributed by atoms with E-state index in [1.54, 1.807) is 19.4 Å². The van der Waals surface area contributed by atoms with Crippen LogP contribution in [0.4, 0.5) is 5.69 Å². The van der Waals surface area contributed by atoms with Crippen LogP contribution in [0.3, 0.4) is 0 Å². The summed E-state index contributed by atoms with van der Waals surface area (Å²) >= 11 is 0. The number of amides is 1. The van der Waals surface area contributed by atoms with Crippen molar-refractivity contribution in [2.24, 2.45) is 7.05 Å². The second-order valence-corrected chi connectivity index (χ2v) is 4.26. The second-order valence-electron chi connectivity index (χ2n) is 4.26. The SMILES string of the molecule is CNc1cc(C)ncc1C(=O)NCc1nccn1C. The number of rotatable bonds is 4. The Morgan fingerprint density at radius 2 is 2.21 bits per heavy atom. The van der Waals surface area contributed by atoms with Crippen LogP contribution >= 0.6 is 0 Å². The Morgan fingerprint density at radius 3 is 2.84 bits per heavy atom. The highest BCUT2D eigenvalue weighted by atomic mass is 16.1. The van der Waals surface area contributed by atoms with E-state index in [4.69, 9.17) is 0 Å². The molecular weight excluding hydrogens is 242 g/mol. The molecule has 0 atom stereocenters. The Balaban J connectivity index is 2.10. The van der Waals surface area contributed by atoms with Gasteiger partial charge >= 0.3 is 0 Å². The Hall–Kier alpha value is -2.37. The van der Waals surface area contributed by atoms with E-state index in [2.05, 4.69) is 20.6 Å². The van der Waals surface area contributed by atoms with Gasteiger partial charge in [0.1, 0.15) is 5.82 Å². The zero-order chi connectivity index (χ0) is 13.8. The molecule has 2 rings (SSSR count). The zero-order valence-electron chi connectivity index (χ0n) is 11.3. The van der Waals surface area contributed by atoms with Crippen molar-refractivity contribution in [1.29, 1.82) is 0 Å². The summed E-state index contributed by atoms with van der Waals surface area (Å²) in [6, 6.07) is 1.84. The predicted molar refractivity (Wildman–Crippen MR) is 72.9 cm³/mol. The van der Waals surface area contributed by atoms with E-state index in [9.17, 15) is 4.79 Å². The van der Waals surface area contributed by atoms with E-state index < -0.39 is 0 Å². The summed E-state index contributed by atoms with van der Waals surface area (Å²) in [7, 11) is 3.67. The van der Waals surface area contributed by atoms with E-state index in [1.165, 1.54) is 0 Å². The van der Waals surface area contributed by atoms with Crippen LogP contribution in [0.1, 0.15) is 21.9 Å². The Kier molecular flexibility index (Phi) is 3.79. The van der Waals surface area contributed by atoms with Gasteiger partial charge in [0.2, 0.25) is 0 Å². The first-order chi connectivity index (χ1) is 9.11. The lowest BCUT2D eigenvalue weighted by molar-refractivity contribution is 0.0950. The van der Waals surface area contributed by atoms with Crippen molar-refractivity contribution in [2.45, 2.75) is 13.5 Å². The molecule has 0 bridgehead atoms. The molecule has 2 aromatic heterocycles. The maximum absolute atomic E-state index is 12.1. The molecular formula is C13H17N5O. The van der Waals surface area contributed by atoms with Crippen molar-refractivity contribution < 1.29 is 4.79 Å². The standard InChI is InChI=1S/C13H17N5O/c1-9-6-11(14-2)10(7-16-9)13(19)17-8-12-15-4-5-18(12)3/h4-7H,8H2,1-3H3,(H,14,16)(H,17,19). The molecule has 0 aliphatic carbocycles. The Labute approximate surface area is 111 Å². The minimum Gasteiger partial charge on any atom is -0.387 e. The first-order valence-electron chi connectivity index (χ1n) is 6.00. The number of hydrogen-bond donors (Lipinski definition) is 2. The van der Waals surface area contributed by atoms with E-state index >= 15 is 0 Å². The number of nitrogens with one attached hydrogen (secondary N) is 2. The average Bonchev–Trinajstić information content (AvgIpc) is 2.81. The highest BCUT2D eigenvalue weighted by Crippen LogP contribution is 2.14. The van der Waals surface area contributed by atoms with Crippen LogP contribution in [-0.4, -0.2) is 27.5 Å². The molecule has 0 saturated carbocycles. The minimum absolute atomic E-state index is 0.167. The number of carbonyl (C=O) groups excluding carboxylic acids is 1. The maximum atomic E-state index is 12.1. The predicted octanol–water partition coefficient (Wildman–Crippen LogP) is 1.10. The van der Waals surface area contributed by atoms with Crippen molar-refractivity contribution in [1.82, 2.24) is 19.9 Å². The van der Waals surface area contributed by atoms with Crippen LogP contribution in [0.15, 0.2) is 24.7 Å². The second kappa shape index (κ2) is 5.51. The van der Waals surface area contributed by atoms with Gasteiger partial charge in [0.05, 0.1) is 17.8 Å². The molecule has 0 saturated heterocycles. The number of carbonyl (C=O) groups is 1. The number of aryl methyl sites for hydroxylation is 2. The topological polar surface area (TPSA) is 71.8 Å². The van der Waals surface area contributed by atoms with Crippen molar-refractivity contribution >= 4 is 11.6 Å². The van der Waals surface area contributed by atoms with Gasteiger partial charge in [0.15, 0.2) is 0 Å². The molecule has 2 aromatic rings. The highest BCUT2D eigenvalue weighted by molar-refractivity contribution is 5.99. The van der Waals surface area contributed by atoms with Crippen LogP contribution in [0, 0.1) is 6.92 Å². The van der Waals surface area contributed by atoms with Gasteiger partial charge in [-0.1, -0.05) is 0 Å². The number of anilines is 1. The molecule has 2 heterocycles. The summed E-state index contributed by atoms with van der Waals surface area (Å²) in [5.41, 5.74) is 2.16. The van der Waals surface area contributed by atoms with Crippen LogP contribution in [0.5, 0.6) is 0 Å². The lowest BCUT2D eigenvalue weighted by Crippen LogP contribution is -2.25. The fourth-order valence-corrected chi connectivity index (χ4v) is 1.77. The summed E-state index contributed by atoms with van der Waals surface area (Å²) < 4.78 is 1.87. The number of nitrogens with zero attached hydrogens (tertiary/aromatic N) is 3. The van der Waals surface area contributed by atoms with Gasteiger partial charge in [-0.3, -0.25) is 9.78 Å². The van der Waals surface area contributed by atoms with E-state index in [0.29, 0.717) is 12.1 Å². The highest BCUT2D eigenvalue weighted by Gasteiger charge is 2.12. The van der Waals surface area contributed by atoms with Crippen molar-refractivity contribution in [3.8, 4) is 0 Å². The van der Waals surface area contributed by atoms with Gasteiger partial charge in [-0.2, -0.15) is 0 Å². The average molecular weight is 259 g/mol. The summed E-state index contributed by atoms with van der Waals surface area (Å²) in [5, 5.41) is 5.83. The molecule has 0 aliphatic heterocycles. The molecule has 19 heavy (non-hydrogen) atoms. The summed E-state index contributed by atoms with van der Waals surface area (Å²) in [6.45, 7) is 2.27. The summed E-state index contributed by atoms with van der Waals surface area (Å²) in [5.74, 6) is 0.638. The fourth-order valence-electron chi connectivity index (χ4n) is 1.77. The number of pyridine rings is 1. The third-order valence-electron chi connectivity index (χ3n) is 2.88. The molecule has 0 aliphatic rings. The number of aromatic nitrogens is 3. The van der Waals surface area contributed by atoms with Crippen molar-refractivity contribution in [3.63, 3.8) is 0 Å². The van der Waals surface area contributed by atoms with Crippen molar-refractivity contribution in [2.75, 3.05) is 12.4 Å². The maximum Gasteiger partial charge on any atom is 0.255 e. The Morgan fingerprint density at radius 1 is 1.42 bits per heavy atom. The number of imidazole rings is 1. The number of hydrogen-bond acceptors (Lipinski definition) is 4. The van der Waals surface area contributed by atoms with Crippen LogP contribution in [-0.2, 0) is 13.6 Å². The molecule has 2 N–H and O–H groups in total. The molecule has 0 fully saturated rings. The van der Waals surface area contributed by atoms with E-state index in [0.717, 1.165) is 17.2 Å². The monoisotopic (exact) mass is 259 g/mol. The third kappa shape index (κ3) is 2.90. The Bertz CT molecular complexity index is 590. The lowest BCUT2D eigenvalue weighted by atomic mass is 10.2. The molecule has 0 radical (unpaired) electrons.